The van der Waals surface area contributed by atoms with Crippen LogP contribution in [0.3, 0.4) is 0 Å². The lowest BCUT2D eigenvalue weighted by Gasteiger charge is -2.10. The van der Waals surface area contributed by atoms with Gasteiger partial charge in [-0.25, -0.2) is 0 Å². The average Bonchev–Trinajstić information content (AvgIpc) is 3.09. The first-order valence-corrected chi connectivity index (χ1v) is 6.68. The van der Waals surface area contributed by atoms with E-state index in [4.69, 9.17) is 0 Å². The molecule has 0 radical (unpaired) electrons. The van der Waals surface area contributed by atoms with Crippen LogP contribution in [0, 0.1) is 5.92 Å². The molecule has 0 N–H and O–H groups in total. The summed E-state index contributed by atoms with van der Waals surface area (Å²) in [5.41, 5.74) is 0.220. The fourth-order valence-electron chi connectivity index (χ4n) is 1.90. The van der Waals surface area contributed by atoms with Crippen LogP contribution in [-0.2, 0) is 12.6 Å². The van der Waals surface area contributed by atoms with Crippen molar-refractivity contribution in [2.75, 3.05) is 0 Å². The van der Waals surface area contributed by atoms with Crippen LogP contribution in [0.2, 0.25) is 0 Å². The molecule has 0 aliphatic heterocycles. The van der Waals surface area contributed by atoms with E-state index in [2.05, 4.69) is 15.9 Å². The van der Waals surface area contributed by atoms with Crippen LogP contribution in [0.25, 0.3) is 0 Å². The Balaban J connectivity index is 1.96. The van der Waals surface area contributed by atoms with E-state index in [1.165, 1.54) is 25.0 Å². The highest BCUT2D eigenvalue weighted by molar-refractivity contribution is 9.09. The van der Waals surface area contributed by atoms with Crippen molar-refractivity contribution in [1.82, 2.24) is 0 Å². The van der Waals surface area contributed by atoms with Crippen molar-refractivity contribution >= 4 is 15.9 Å². The molecular weight excluding hydrogens is 293 g/mol. The van der Waals surface area contributed by atoms with Crippen LogP contribution in [0.15, 0.2) is 24.3 Å². The number of hydrogen-bond donors (Lipinski definition) is 0. The van der Waals surface area contributed by atoms with E-state index in [-0.39, 0.29) is 0 Å². The van der Waals surface area contributed by atoms with Gasteiger partial charge in [-0.05, 0) is 43.2 Å². The molecule has 2 rings (SSSR count). The molecule has 4 heteroatoms. The first kappa shape index (κ1) is 12.9. The maximum atomic E-state index is 12.5. The number of rotatable bonds is 4. The zero-order chi connectivity index (χ0) is 12.5. The summed E-state index contributed by atoms with van der Waals surface area (Å²) < 4.78 is 37.5. The number of halogens is 4. The summed E-state index contributed by atoms with van der Waals surface area (Å²) in [4.78, 5) is 0.456. The van der Waals surface area contributed by atoms with Crippen LogP contribution in [-0.4, -0.2) is 4.83 Å². The third-order valence-electron chi connectivity index (χ3n) is 3.10. The van der Waals surface area contributed by atoms with Crippen LogP contribution < -0.4 is 0 Å². The number of aryl methyl sites for hydroxylation is 1. The van der Waals surface area contributed by atoms with Crippen molar-refractivity contribution in [2.45, 2.75) is 36.7 Å². The molecule has 1 aliphatic carbocycles. The molecule has 1 saturated carbocycles. The highest BCUT2D eigenvalue weighted by atomic mass is 79.9. The number of alkyl halides is 4. The Morgan fingerprint density at radius 2 is 2.00 bits per heavy atom. The Kier molecular flexibility index (Phi) is 3.81. The molecule has 0 aromatic heterocycles. The molecule has 0 bridgehead atoms. The van der Waals surface area contributed by atoms with Crippen LogP contribution in [0.5, 0.6) is 0 Å². The van der Waals surface area contributed by atoms with Crippen molar-refractivity contribution in [2.24, 2.45) is 5.92 Å². The lowest BCUT2D eigenvalue weighted by Crippen LogP contribution is -2.06. The van der Waals surface area contributed by atoms with Gasteiger partial charge in [0.05, 0.1) is 5.56 Å². The van der Waals surface area contributed by atoms with E-state index in [1.54, 1.807) is 6.07 Å². The van der Waals surface area contributed by atoms with E-state index in [0.717, 1.165) is 24.0 Å². The molecule has 94 valence electrons. The quantitative estimate of drug-likeness (QED) is 0.700. The monoisotopic (exact) mass is 306 g/mol. The van der Waals surface area contributed by atoms with Crippen LogP contribution in [0.1, 0.15) is 30.4 Å². The number of hydrogen-bond acceptors (Lipinski definition) is 0. The summed E-state index contributed by atoms with van der Waals surface area (Å²) >= 11 is 3.60. The van der Waals surface area contributed by atoms with Gasteiger partial charge in [0.15, 0.2) is 0 Å². The Morgan fingerprint density at radius 3 is 2.59 bits per heavy atom. The van der Waals surface area contributed by atoms with Gasteiger partial charge in [-0.15, -0.1) is 0 Å². The largest absolute Gasteiger partial charge is 0.416 e. The molecule has 1 unspecified atom stereocenters. The number of benzene rings is 1. The maximum absolute atomic E-state index is 12.5. The molecule has 1 aromatic carbocycles. The predicted octanol–water partition coefficient (Wildman–Crippen LogP) is 4.81. The standard InChI is InChI=1S/C13H14BrF3/c14-12(10-5-6-10)7-4-9-2-1-3-11(8-9)13(15,16)17/h1-3,8,10,12H,4-7H2. The summed E-state index contributed by atoms with van der Waals surface area (Å²) in [5.74, 6) is 0.737. The van der Waals surface area contributed by atoms with Gasteiger partial charge >= 0.3 is 6.18 Å². The van der Waals surface area contributed by atoms with Crippen molar-refractivity contribution in [1.29, 1.82) is 0 Å². The van der Waals surface area contributed by atoms with Crippen molar-refractivity contribution < 1.29 is 13.2 Å². The minimum absolute atomic E-state index is 0.456. The maximum Gasteiger partial charge on any atom is 0.416 e. The van der Waals surface area contributed by atoms with Gasteiger partial charge in [-0.3, -0.25) is 0 Å². The zero-order valence-electron chi connectivity index (χ0n) is 9.30. The lowest BCUT2D eigenvalue weighted by molar-refractivity contribution is -0.137. The van der Waals surface area contributed by atoms with Gasteiger partial charge in [0.1, 0.15) is 0 Å². The van der Waals surface area contributed by atoms with Crippen LogP contribution >= 0.6 is 15.9 Å². The second kappa shape index (κ2) is 5.01. The normalized spacial score (nSPS) is 18.1. The molecule has 0 nitrogen and oxygen atoms in total. The van der Waals surface area contributed by atoms with Gasteiger partial charge < -0.3 is 0 Å². The molecule has 0 spiro atoms. The van der Waals surface area contributed by atoms with Gasteiger partial charge in [-0.2, -0.15) is 13.2 Å². The fraction of sp³-hybridized carbons (Fsp3) is 0.538. The third kappa shape index (κ3) is 3.73. The second-order valence-corrected chi connectivity index (χ2v) is 5.77. The molecular formula is C13H14BrF3. The summed E-state index contributed by atoms with van der Waals surface area (Å²) in [7, 11) is 0. The highest BCUT2D eigenvalue weighted by Gasteiger charge is 2.31. The Labute approximate surface area is 107 Å². The summed E-state index contributed by atoms with van der Waals surface area (Å²) in [6.45, 7) is 0. The van der Waals surface area contributed by atoms with Crippen molar-refractivity contribution in [3.05, 3.63) is 35.4 Å². The smallest absolute Gasteiger partial charge is 0.166 e. The Hall–Kier alpha value is -0.510. The molecule has 1 atom stereocenters. The summed E-state index contributed by atoms with van der Waals surface area (Å²) in [5, 5.41) is 0. The van der Waals surface area contributed by atoms with Gasteiger partial charge in [-0.1, -0.05) is 34.1 Å². The van der Waals surface area contributed by atoms with Gasteiger partial charge in [0.25, 0.3) is 0 Å². The average molecular weight is 307 g/mol. The van der Waals surface area contributed by atoms with Crippen molar-refractivity contribution in [3.63, 3.8) is 0 Å². The molecule has 1 aromatic rings. The Morgan fingerprint density at radius 1 is 1.29 bits per heavy atom. The lowest BCUT2D eigenvalue weighted by atomic mass is 10.0. The first-order chi connectivity index (χ1) is 7.97. The van der Waals surface area contributed by atoms with E-state index in [9.17, 15) is 13.2 Å². The van der Waals surface area contributed by atoms with Crippen molar-refractivity contribution in [3.8, 4) is 0 Å². The summed E-state index contributed by atoms with van der Waals surface area (Å²) in [6, 6.07) is 5.63. The molecule has 1 fully saturated rings. The van der Waals surface area contributed by atoms with Gasteiger partial charge in [0, 0.05) is 4.83 Å². The molecule has 17 heavy (non-hydrogen) atoms. The van der Waals surface area contributed by atoms with Crippen LogP contribution in [0.4, 0.5) is 13.2 Å². The SMILES string of the molecule is FC(F)(F)c1cccc(CCC(Br)C2CC2)c1. The zero-order valence-corrected chi connectivity index (χ0v) is 10.9. The minimum atomic E-state index is -4.24. The minimum Gasteiger partial charge on any atom is -0.166 e. The topological polar surface area (TPSA) is 0 Å². The predicted molar refractivity (Wildman–Crippen MR) is 65.2 cm³/mol. The van der Waals surface area contributed by atoms with E-state index < -0.39 is 11.7 Å². The highest BCUT2D eigenvalue weighted by Crippen LogP contribution is 2.38. The van der Waals surface area contributed by atoms with Gasteiger partial charge in [0.2, 0.25) is 0 Å². The van der Waals surface area contributed by atoms with E-state index in [0.29, 0.717) is 11.2 Å². The Bertz CT molecular complexity index is 382. The second-order valence-electron chi connectivity index (χ2n) is 4.59. The first-order valence-electron chi connectivity index (χ1n) is 5.77. The molecule has 0 saturated heterocycles. The van der Waals surface area contributed by atoms with E-state index >= 15 is 0 Å². The third-order valence-corrected chi connectivity index (χ3v) is 4.30. The molecule has 0 heterocycles. The summed E-state index contributed by atoms with van der Waals surface area (Å²) in [6.07, 6.45) is -0.125. The molecule has 0 amide bonds. The fourth-order valence-corrected chi connectivity index (χ4v) is 2.66. The van der Waals surface area contributed by atoms with E-state index in [1.807, 2.05) is 0 Å². The molecule has 1 aliphatic rings.